The highest BCUT2D eigenvalue weighted by Gasteiger charge is 2.33. The summed E-state index contributed by atoms with van der Waals surface area (Å²) in [5, 5.41) is 0. The molecule has 0 aliphatic carbocycles. The van der Waals surface area contributed by atoms with Gasteiger partial charge in [-0.2, -0.15) is 0 Å². The van der Waals surface area contributed by atoms with Crippen molar-refractivity contribution in [3.63, 3.8) is 0 Å². The van der Waals surface area contributed by atoms with Crippen LogP contribution in [0.25, 0.3) is 0 Å². The van der Waals surface area contributed by atoms with Crippen LogP contribution in [0.15, 0.2) is 36.7 Å². The normalized spacial score (nSPS) is 20.2. The third-order valence-electron chi connectivity index (χ3n) is 5.00. The summed E-state index contributed by atoms with van der Waals surface area (Å²) in [6.45, 7) is 3.11. The van der Waals surface area contributed by atoms with Crippen molar-refractivity contribution in [2.75, 3.05) is 20.2 Å². The Labute approximate surface area is 153 Å². The molecule has 2 atom stereocenters. The smallest absolute Gasteiger partial charge is 0.291 e. The van der Waals surface area contributed by atoms with Gasteiger partial charge in [-0.25, -0.2) is 14.4 Å². The molecular formula is C20H24FN3O2. The van der Waals surface area contributed by atoms with Crippen LogP contribution < -0.4 is 0 Å². The summed E-state index contributed by atoms with van der Waals surface area (Å²) in [6.07, 6.45) is 5.47. The van der Waals surface area contributed by atoms with Crippen molar-refractivity contribution in [1.82, 2.24) is 14.9 Å². The number of halogens is 1. The van der Waals surface area contributed by atoms with Crippen LogP contribution in [0.5, 0.6) is 0 Å². The maximum absolute atomic E-state index is 14.0. The molecule has 0 spiro atoms. The Kier molecular flexibility index (Phi) is 5.93. The van der Waals surface area contributed by atoms with Gasteiger partial charge in [0.25, 0.3) is 5.91 Å². The summed E-state index contributed by atoms with van der Waals surface area (Å²) in [5.41, 5.74) is 1.65. The molecule has 0 radical (unpaired) electrons. The predicted molar refractivity (Wildman–Crippen MR) is 96.3 cm³/mol. The van der Waals surface area contributed by atoms with E-state index >= 15 is 0 Å². The van der Waals surface area contributed by atoms with Crippen LogP contribution in [0, 0.1) is 11.7 Å². The zero-order valence-corrected chi connectivity index (χ0v) is 15.2. The molecule has 0 N–H and O–H groups in total. The van der Waals surface area contributed by atoms with Crippen LogP contribution >= 0.6 is 0 Å². The Bertz CT molecular complexity index is 751. The minimum Gasteiger partial charge on any atom is -0.381 e. The quantitative estimate of drug-likeness (QED) is 0.826. The second-order valence-electron chi connectivity index (χ2n) is 6.64. The Balaban J connectivity index is 1.73. The number of hydrogen-bond acceptors (Lipinski definition) is 4. The zero-order valence-electron chi connectivity index (χ0n) is 15.2. The first kappa shape index (κ1) is 18.5. The van der Waals surface area contributed by atoms with Gasteiger partial charge in [-0.05, 0) is 36.5 Å². The number of methoxy groups -OCH3 is 1. The number of benzene rings is 1. The maximum Gasteiger partial charge on any atom is 0.291 e. The molecule has 1 saturated heterocycles. The second-order valence-corrected chi connectivity index (χ2v) is 6.64. The molecule has 1 aromatic heterocycles. The number of carbonyl (C=O) groups is 1. The van der Waals surface area contributed by atoms with Crippen LogP contribution in [-0.4, -0.2) is 47.1 Å². The van der Waals surface area contributed by atoms with E-state index in [2.05, 4.69) is 9.97 Å². The summed E-state index contributed by atoms with van der Waals surface area (Å²) < 4.78 is 19.6. The van der Waals surface area contributed by atoms with Crippen molar-refractivity contribution in [2.45, 2.75) is 32.3 Å². The van der Waals surface area contributed by atoms with E-state index in [9.17, 15) is 9.18 Å². The standard InChI is InChI=1S/C20H24FN3O2/c1-3-14-11-22-19(23-12-14)20(25)24-9-8-18(26-2)16(13-24)10-15-6-4-5-7-17(15)21/h4-7,11-12,16,18H,3,8-10,13H2,1-2H3/t16-,18-/m1/s1. The third-order valence-corrected chi connectivity index (χ3v) is 5.00. The summed E-state index contributed by atoms with van der Waals surface area (Å²) in [7, 11) is 1.67. The minimum atomic E-state index is -0.218. The first-order valence-electron chi connectivity index (χ1n) is 8.98. The maximum atomic E-state index is 14.0. The zero-order chi connectivity index (χ0) is 18.5. The summed E-state index contributed by atoms with van der Waals surface area (Å²) in [5.74, 6) is -0.155. The molecule has 26 heavy (non-hydrogen) atoms. The number of ether oxygens (including phenoxy) is 1. The number of piperidine rings is 1. The molecule has 5 nitrogen and oxygen atoms in total. The molecule has 1 aliphatic heterocycles. The van der Waals surface area contributed by atoms with Crippen molar-refractivity contribution < 1.29 is 13.9 Å². The van der Waals surface area contributed by atoms with Gasteiger partial charge in [0.2, 0.25) is 5.82 Å². The minimum absolute atomic E-state index is 0.00189. The average molecular weight is 357 g/mol. The van der Waals surface area contributed by atoms with E-state index in [1.54, 1.807) is 36.5 Å². The molecule has 2 heterocycles. The molecule has 2 aromatic rings. The topological polar surface area (TPSA) is 55.3 Å². The SMILES string of the molecule is CCc1cnc(C(=O)N2CC[C@@H](OC)[C@H](Cc3ccccc3F)C2)nc1. The van der Waals surface area contributed by atoms with E-state index in [-0.39, 0.29) is 29.6 Å². The van der Waals surface area contributed by atoms with Gasteiger partial charge in [-0.3, -0.25) is 4.79 Å². The van der Waals surface area contributed by atoms with Gasteiger partial charge in [0.1, 0.15) is 5.82 Å². The number of hydrogen-bond donors (Lipinski definition) is 0. The number of likely N-dealkylation sites (tertiary alicyclic amines) is 1. The molecule has 1 aromatic carbocycles. The van der Waals surface area contributed by atoms with Crippen molar-refractivity contribution in [2.24, 2.45) is 5.92 Å². The molecule has 6 heteroatoms. The van der Waals surface area contributed by atoms with E-state index in [1.807, 2.05) is 13.0 Å². The Morgan fingerprint density at radius 2 is 2.04 bits per heavy atom. The molecule has 1 aliphatic rings. The molecular weight excluding hydrogens is 333 g/mol. The molecule has 0 unspecified atom stereocenters. The van der Waals surface area contributed by atoms with Crippen LogP contribution in [0.4, 0.5) is 4.39 Å². The number of aromatic nitrogens is 2. The number of nitrogens with zero attached hydrogens (tertiary/aromatic N) is 3. The highest BCUT2D eigenvalue weighted by molar-refractivity contribution is 5.90. The van der Waals surface area contributed by atoms with Gasteiger partial charge in [0.15, 0.2) is 0 Å². The van der Waals surface area contributed by atoms with E-state index in [0.29, 0.717) is 31.5 Å². The lowest BCUT2D eigenvalue weighted by atomic mass is 9.88. The summed E-state index contributed by atoms with van der Waals surface area (Å²) in [6, 6.07) is 6.76. The fraction of sp³-hybridized carbons (Fsp3) is 0.450. The van der Waals surface area contributed by atoms with Crippen LogP contribution in [0.1, 0.15) is 35.1 Å². The Morgan fingerprint density at radius 3 is 2.69 bits per heavy atom. The van der Waals surface area contributed by atoms with Gasteiger partial charge < -0.3 is 9.64 Å². The van der Waals surface area contributed by atoms with Crippen molar-refractivity contribution in [3.8, 4) is 0 Å². The number of carbonyl (C=O) groups excluding carboxylic acids is 1. The van der Waals surface area contributed by atoms with Crippen molar-refractivity contribution in [3.05, 3.63) is 59.4 Å². The van der Waals surface area contributed by atoms with Gasteiger partial charge >= 0.3 is 0 Å². The number of aryl methyl sites for hydroxylation is 1. The summed E-state index contributed by atoms with van der Waals surface area (Å²) in [4.78, 5) is 22.9. The largest absolute Gasteiger partial charge is 0.381 e. The molecule has 0 saturated carbocycles. The fourth-order valence-electron chi connectivity index (χ4n) is 3.44. The second kappa shape index (κ2) is 8.36. The van der Waals surface area contributed by atoms with Gasteiger partial charge in [-0.15, -0.1) is 0 Å². The molecule has 1 fully saturated rings. The van der Waals surface area contributed by atoms with E-state index in [0.717, 1.165) is 12.0 Å². The van der Waals surface area contributed by atoms with Crippen LogP contribution in [0.3, 0.4) is 0 Å². The van der Waals surface area contributed by atoms with Crippen LogP contribution in [0.2, 0.25) is 0 Å². The lowest BCUT2D eigenvalue weighted by molar-refractivity contribution is -0.00358. The predicted octanol–water partition coefficient (Wildman–Crippen LogP) is 2.90. The van der Waals surface area contributed by atoms with Crippen molar-refractivity contribution in [1.29, 1.82) is 0 Å². The van der Waals surface area contributed by atoms with Crippen molar-refractivity contribution >= 4 is 5.91 Å². The number of amides is 1. The van der Waals surface area contributed by atoms with Gasteiger partial charge in [0.05, 0.1) is 6.10 Å². The molecule has 1 amide bonds. The fourth-order valence-corrected chi connectivity index (χ4v) is 3.44. The summed E-state index contributed by atoms with van der Waals surface area (Å²) >= 11 is 0. The third kappa shape index (κ3) is 4.07. The number of rotatable bonds is 5. The van der Waals surface area contributed by atoms with Gasteiger partial charge in [-0.1, -0.05) is 25.1 Å². The lowest BCUT2D eigenvalue weighted by Gasteiger charge is -2.37. The highest BCUT2D eigenvalue weighted by Crippen LogP contribution is 2.25. The van der Waals surface area contributed by atoms with Gasteiger partial charge in [0, 0.05) is 38.5 Å². The molecule has 0 bridgehead atoms. The highest BCUT2D eigenvalue weighted by atomic mass is 19.1. The van der Waals surface area contributed by atoms with E-state index < -0.39 is 0 Å². The van der Waals surface area contributed by atoms with Crippen LogP contribution in [-0.2, 0) is 17.6 Å². The lowest BCUT2D eigenvalue weighted by Crippen LogP contribution is -2.47. The molecule has 3 rings (SSSR count). The first-order valence-corrected chi connectivity index (χ1v) is 8.98. The monoisotopic (exact) mass is 357 g/mol. The van der Waals surface area contributed by atoms with E-state index in [4.69, 9.17) is 4.74 Å². The van der Waals surface area contributed by atoms with E-state index in [1.165, 1.54) is 6.07 Å². The average Bonchev–Trinajstić information content (AvgIpc) is 2.69. The molecule has 138 valence electrons. The Hall–Kier alpha value is -2.34. The Morgan fingerprint density at radius 1 is 1.31 bits per heavy atom. The first-order chi connectivity index (χ1) is 12.6.